The molecular formula is C19H18N2O6. The van der Waals surface area contributed by atoms with E-state index in [1.165, 1.54) is 12.3 Å². The second kappa shape index (κ2) is 8.70. The van der Waals surface area contributed by atoms with Crippen molar-refractivity contribution in [2.45, 2.75) is 13.5 Å². The number of ether oxygens (including phenoxy) is 3. The molecule has 27 heavy (non-hydrogen) atoms. The lowest BCUT2D eigenvalue weighted by molar-refractivity contribution is -0.139. The Morgan fingerprint density at radius 3 is 2.85 bits per heavy atom. The number of nitrogens with zero attached hydrogens (tertiary/aromatic N) is 2. The molecule has 3 rings (SSSR count). The van der Waals surface area contributed by atoms with Crippen LogP contribution in [0.5, 0.6) is 11.5 Å². The standard InChI is InChI=1S/C19H18N2O6/c1-3-24-16-11-13(6-8-14(16)23-2)7-9-18(22)26-12-17-20-21-19(27-17)15-5-4-10-25-15/h4-11H,3,12H2,1-2H3/b9-7+. The minimum atomic E-state index is -0.540. The zero-order valence-electron chi connectivity index (χ0n) is 14.9. The van der Waals surface area contributed by atoms with Gasteiger partial charge in [-0.25, -0.2) is 4.79 Å². The van der Waals surface area contributed by atoms with E-state index in [9.17, 15) is 4.79 Å². The average molecular weight is 370 g/mol. The van der Waals surface area contributed by atoms with E-state index < -0.39 is 5.97 Å². The minimum absolute atomic E-state index is 0.135. The van der Waals surface area contributed by atoms with Gasteiger partial charge in [-0.2, -0.15) is 0 Å². The number of esters is 1. The number of methoxy groups -OCH3 is 1. The Hall–Kier alpha value is -3.55. The first-order chi connectivity index (χ1) is 13.2. The highest BCUT2D eigenvalue weighted by molar-refractivity contribution is 5.87. The lowest BCUT2D eigenvalue weighted by Gasteiger charge is -2.09. The van der Waals surface area contributed by atoms with Crippen LogP contribution in [0.25, 0.3) is 17.7 Å². The Labute approximate surface area is 155 Å². The van der Waals surface area contributed by atoms with Crippen molar-refractivity contribution in [1.82, 2.24) is 10.2 Å². The summed E-state index contributed by atoms with van der Waals surface area (Å²) in [5.41, 5.74) is 0.772. The van der Waals surface area contributed by atoms with Crippen LogP contribution in [0.15, 0.2) is 51.5 Å². The van der Waals surface area contributed by atoms with Crippen LogP contribution in [0.3, 0.4) is 0 Å². The van der Waals surface area contributed by atoms with E-state index in [-0.39, 0.29) is 18.4 Å². The summed E-state index contributed by atoms with van der Waals surface area (Å²) in [4.78, 5) is 11.9. The van der Waals surface area contributed by atoms with Crippen molar-refractivity contribution in [3.8, 4) is 23.1 Å². The van der Waals surface area contributed by atoms with Crippen molar-refractivity contribution < 1.29 is 27.8 Å². The Morgan fingerprint density at radius 1 is 1.22 bits per heavy atom. The first-order valence-corrected chi connectivity index (χ1v) is 8.21. The van der Waals surface area contributed by atoms with Gasteiger partial charge in [-0.1, -0.05) is 6.07 Å². The van der Waals surface area contributed by atoms with Gasteiger partial charge in [0, 0.05) is 6.08 Å². The third-order valence-electron chi connectivity index (χ3n) is 3.44. The molecule has 2 aromatic heterocycles. The first-order valence-electron chi connectivity index (χ1n) is 8.21. The fraction of sp³-hybridized carbons (Fsp3) is 0.211. The smallest absolute Gasteiger partial charge is 0.331 e. The summed E-state index contributed by atoms with van der Waals surface area (Å²) < 4.78 is 26.3. The summed E-state index contributed by atoms with van der Waals surface area (Å²) in [7, 11) is 1.57. The van der Waals surface area contributed by atoms with Crippen LogP contribution in [0.2, 0.25) is 0 Å². The highest BCUT2D eigenvalue weighted by atomic mass is 16.5. The number of benzene rings is 1. The van der Waals surface area contributed by atoms with E-state index in [2.05, 4.69) is 10.2 Å². The molecule has 0 N–H and O–H groups in total. The summed E-state index contributed by atoms with van der Waals surface area (Å²) in [6, 6.07) is 8.75. The Bertz CT molecular complexity index is 914. The van der Waals surface area contributed by atoms with Gasteiger partial charge in [0.1, 0.15) is 0 Å². The zero-order valence-corrected chi connectivity index (χ0v) is 14.9. The SMILES string of the molecule is CCOc1cc(/C=C/C(=O)OCc2nnc(-c3ccco3)o2)ccc1OC. The number of hydrogen-bond acceptors (Lipinski definition) is 8. The molecule has 0 atom stereocenters. The molecule has 8 nitrogen and oxygen atoms in total. The van der Waals surface area contributed by atoms with Gasteiger partial charge >= 0.3 is 5.97 Å². The molecule has 3 aromatic rings. The van der Waals surface area contributed by atoms with Gasteiger partial charge in [-0.3, -0.25) is 0 Å². The third-order valence-corrected chi connectivity index (χ3v) is 3.44. The summed E-state index contributed by atoms with van der Waals surface area (Å²) >= 11 is 0. The summed E-state index contributed by atoms with van der Waals surface area (Å²) in [5.74, 6) is 1.53. The predicted molar refractivity (Wildman–Crippen MR) is 95.0 cm³/mol. The fourth-order valence-electron chi connectivity index (χ4n) is 2.22. The third kappa shape index (κ3) is 4.75. The second-order valence-corrected chi connectivity index (χ2v) is 5.26. The molecule has 2 heterocycles. The summed E-state index contributed by atoms with van der Waals surface area (Å²) in [6.07, 6.45) is 4.42. The van der Waals surface area contributed by atoms with E-state index >= 15 is 0 Å². The highest BCUT2D eigenvalue weighted by Gasteiger charge is 2.12. The Kier molecular flexibility index (Phi) is 5.88. The number of hydrogen-bond donors (Lipinski definition) is 0. The highest BCUT2D eigenvalue weighted by Crippen LogP contribution is 2.28. The van der Waals surface area contributed by atoms with E-state index in [0.29, 0.717) is 23.9 Å². The molecule has 0 aliphatic carbocycles. The van der Waals surface area contributed by atoms with E-state index in [1.807, 2.05) is 6.92 Å². The zero-order chi connectivity index (χ0) is 19.1. The topological polar surface area (TPSA) is 96.8 Å². The molecule has 0 unspecified atom stereocenters. The molecular weight excluding hydrogens is 352 g/mol. The fourth-order valence-corrected chi connectivity index (χ4v) is 2.22. The maximum absolute atomic E-state index is 11.9. The molecule has 0 saturated carbocycles. The molecule has 0 bridgehead atoms. The minimum Gasteiger partial charge on any atom is -0.493 e. The van der Waals surface area contributed by atoms with Gasteiger partial charge in [0.15, 0.2) is 23.9 Å². The van der Waals surface area contributed by atoms with Gasteiger partial charge in [0.05, 0.1) is 20.0 Å². The van der Waals surface area contributed by atoms with Crippen molar-refractivity contribution in [3.05, 3.63) is 54.1 Å². The molecule has 0 aliphatic rings. The molecule has 0 spiro atoms. The maximum Gasteiger partial charge on any atom is 0.331 e. The van der Waals surface area contributed by atoms with Crippen molar-refractivity contribution in [3.63, 3.8) is 0 Å². The summed E-state index contributed by atoms with van der Waals surface area (Å²) in [6.45, 7) is 2.26. The predicted octanol–water partition coefficient (Wildman–Crippen LogP) is 3.49. The quantitative estimate of drug-likeness (QED) is 0.439. The van der Waals surface area contributed by atoms with E-state index in [4.69, 9.17) is 23.0 Å². The van der Waals surface area contributed by atoms with Gasteiger partial charge in [0.2, 0.25) is 0 Å². The molecule has 1 aromatic carbocycles. The Balaban J connectivity index is 1.57. The van der Waals surface area contributed by atoms with Crippen LogP contribution in [-0.2, 0) is 16.1 Å². The lowest BCUT2D eigenvalue weighted by atomic mass is 10.2. The number of aromatic nitrogens is 2. The van der Waals surface area contributed by atoms with Gasteiger partial charge < -0.3 is 23.0 Å². The van der Waals surface area contributed by atoms with Gasteiger partial charge in [-0.05, 0) is 42.8 Å². The number of carbonyl (C=O) groups is 1. The molecule has 0 fully saturated rings. The molecule has 0 radical (unpaired) electrons. The summed E-state index contributed by atoms with van der Waals surface area (Å²) in [5, 5.41) is 7.63. The maximum atomic E-state index is 11.9. The molecule has 0 saturated heterocycles. The largest absolute Gasteiger partial charge is 0.493 e. The van der Waals surface area contributed by atoms with Crippen molar-refractivity contribution >= 4 is 12.0 Å². The first kappa shape index (κ1) is 18.2. The van der Waals surface area contributed by atoms with Crippen LogP contribution in [0.4, 0.5) is 0 Å². The van der Waals surface area contributed by atoms with Crippen LogP contribution < -0.4 is 9.47 Å². The lowest BCUT2D eigenvalue weighted by Crippen LogP contribution is -2.01. The monoisotopic (exact) mass is 370 g/mol. The molecule has 0 amide bonds. The van der Waals surface area contributed by atoms with Crippen molar-refractivity contribution in [1.29, 1.82) is 0 Å². The number of furan rings is 1. The number of carbonyl (C=O) groups excluding carboxylic acids is 1. The van der Waals surface area contributed by atoms with Crippen LogP contribution >= 0.6 is 0 Å². The van der Waals surface area contributed by atoms with Crippen LogP contribution in [-0.4, -0.2) is 29.9 Å². The van der Waals surface area contributed by atoms with E-state index in [1.54, 1.807) is 43.5 Å². The van der Waals surface area contributed by atoms with Crippen molar-refractivity contribution in [2.75, 3.05) is 13.7 Å². The molecule has 8 heteroatoms. The van der Waals surface area contributed by atoms with Gasteiger partial charge in [0.25, 0.3) is 11.8 Å². The normalized spacial score (nSPS) is 10.9. The number of rotatable bonds is 8. The molecule has 140 valence electrons. The Morgan fingerprint density at radius 2 is 2.11 bits per heavy atom. The van der Waals surface area contributed by atoms with Crippen molar-refractivity contribution in [2.24, 2.45) is 0 Å². The van der Waals surface area contributed by atoms with Crippen LogP contribution in [0, 0.1) is 0 Å². The van der Waals surface area contributed by atoms with E-state index in [0.717, 1.165) is 5.56 Å². The molecule has 0 aliphatic heterocycles. The average Bonchev–Trinajstić information content (AvgIpc) is 3.36. The second-order valence-electron chi connectivity index (χ2n) is 5.26. The van der Waals surface area contributed by atoms with Gasteiger partial charge in [-0.15, -0.1) is 10.2 Å². The van der Waals surface area contributed by atoms with Crippen LogP contribution in [0.1, 0.15) is 18.4 Å².